The van der Waals surface area contributed by atoms with Crippen molar-refractivity contribution in [2.45, 2.75) is 37.8 Å². The van der Waals surface area contributed by atoms with Crippen LogP contribution >= 0.6 is 12.4 Å². The quantitative estimate of drug-likeness (QED) is 0.552. The van der Waals surface area contributed by atoms with Gasteiger partial charge in [-0.05, 0) is 24.7 Å². The number of aliphatic hydroxyl groups is 1. The largest absolute Gasteiger partial charge is 0.391 e. The number of rotatable bonds is 0. The Morgan fingerprint density at radius 3 is 2.10 bits per heavy atom. The van der Waals surface area contributed by atoms with Gasteiger partial charge in [-0.25, -0.2) is 0 Å². The van der Waals surface area contributed by atoms with Gasteiger partial charge in [-0.3, -0.25) is 0 Å². The van der Waals surface area contributed by atoms with Gasteiger partial charge in [0.2, 0.25) is 0 Å². The molecule has 10 heavy (non-hydrogen) atoms. The zero-order valence-electron chi connectivity index (χ0n) is 5.92. The van der Waals surface area contributed by atoms with Crippen LogP contribution in [0.3, 0.4) is 0 Å². The highest BCUT2D eigenvalue weighted by molar-refractivity contribution is 5.85. The van der Waals surface area contributed by atoms with E-state index in [1.54, 1.807) is 0 Å². The highest BCUT2D eigenvalue weighted by Crippen LogP contribution is 2.55. The zero-order chi connectivity index (χ0) is 6.48. The molecule has 0 aromatic rings. The maximum atomic E-state index is 9.36. The Labute approximate surface area is 67.2 Å². The van der Waals surface area contributed by atoms with E-state index < -0.39 is 0 Å². The van der Waals surface area contributed by atoms with Gasteiger partial charge in [-0.1, -0.05) is 6.42 Å². The molecule has 0 radical (unpaired) electrons. The van der Waals surface area contributed by atoms with Gasteiger partial charge in [0, 0.05) is 6.04 Å². The second-order valence-corrected chi connectivity index (χ2v) is 3.53. The molecule has 2 rings (SSSR count). The molecule has 2 atom stereocenters. The normalized spacial score (nSPS) is 41.4. The Kier molecular flexibility index (Phi) is 1.96. The van der Waals surface area contributed by atoms with Gasteiger partial charge in [0.05, 0.1) is 6.10 Å². The number of nitrogens with two attached hydrogens (primary N) is 1. The van der Waals surface area contributed by atoms with Gasteiger partial charge >= 0.3 is 0 Å². The maximum absolute atomic E-state index is 9.36. The van der Waals surface area contributed by atoms with E-state index in [2.05, 4.69) is 0 Å². The molecular weight excluding hydrogens is 150 g/mol. The third-order valence-corrected chi connectivity index (χ3v) is 3.02. The van der Waals surface area contributed by atoms with Crippen LogP contribution in [0.2, 0.25) is 0 Å². The number of halogens is 1. The first-order chi connectivity index (χ1) is 4.25. The molecule has 3 N–H and O–H groups in total. The van der Waals surface area contributed by atoms with E-state index in [1.807, 2.05) is 0 Å². The lowest BCUT2D eigenvalue weighted by atomic mass is 9.52. The molecule has 0 bridgehead atoms. The topological polar surface area (TPSA) is 46.2 Å². The van der Waals surface area contributed by atoms with E-state index in [0.29, 0.717) is 5.41 Å². The monoisotopic (exact) mass is 163 g/mol. The van der Waals surface area contributed by atoms with Crippen molar-refractivity contribution in [3.63, 3.8) is 0 Å². The van der Waals surface area contributed by atoms with Crippen molar-refractivity contribution in [3.8, 4) is 0 Å². The fourth-order valence-corrected chi connectivity index (χ4v) is 2.13. The minimum Gasteiger partial charge on any atom is -0.391 e. The van der Waals surface area contributed by atoms with Crippen molar-refractivity contribution in [2.24, 2.45) is 11.1 Å². The number of hydrogen-bond acceptors (Lipinski definition) is 2. The smallest absolute Gasteiger partial charge is 0.0747 e. The third kappa shape index (κ3) is 0.792. The van der Waals surface area contributed by atoms with E-state index >= 15 is 0 Å². The van der Waals surface area contributed by atoms with Crippen LogP contribution in [-0.4, -0.2) is 17.3 Å². The summed E-state index contributed by atoms with van der Waals surface area (Å²) in [7, 11) is 0. The van der Waals surface area contributed by atoms with Crippen LogP contribution < -0.4 is 5.73 Å². The lowest BCUT2D eigenvalue weighted by Gasteiger charge is -2.57. The predicted octanol–water partition coefficient (Wildman–Crippen LogP) is 0.670. The Hall–Kier alpha value is 0.210. The van der Waals surface area contributed by atoms with Gasteiger partial charge in [0.25, 0.3) is 0 Å². The second-order valence-electron chi connectivity index (χ2n) is 3.53. The molecule has 2 saturated carbocycles. The van der Waals surface area contributed by atoms with Crippen molar-refractivity contribution >= 4 is 12.4 Å². The summed E-state index contributed by atoms with van der Waals surface area (Å²) in [4.78, 5) is 0. The maximum Gasteiger partial charge on any atom is 0.0747 e. The fourth-order valence-electron chi connectivity index (χ4n) is 2.13. The molecular formula is C7H14ClNO. The minimum absolute atomic E-state index is 0. The van der Waals surface area contributed by atoms with Crippen molar-refractivity contribution in [2.75, 3.05) is 0 Å². The fraction of sp³-hybridized carbons (Fsp3) is 1.00. The molecule has 3 heteroatoms. The molecule has 0 heterocycles. The van der Waals surface area contributed by atoms with Gasteiger partial charge < -0.3 is 10.8 Å². The Balaban J connectivity index is 0.000000500. The van der Waals surface area contributed by atoms with E-state index in [0.717, 1.165) is 6.42 Å². The summed E-state index contributed by atoms with van der Waals surface area (Å²) in [5.41, 5.74) is 5.86. The molecule has 2 fully saturated rings. The van der Waals surface area contributed by atoms with Crippen LogP contribution in [0.1, 0.15) is 25.7 Å². The van der Waals surface area contributed by atoms with E-state index in [1.165, 1.54) is 19.3 Å². The molecule has 2 unspecified atom stereocenters. The van der Waals surface area contributed by atoms with Crippen LogP contribution in [0.4, 0.5) is 0 Å². The lowest BCUT2D eigenvalue weighted by molar-refractivity contribution is -0.131. The SMILES string of the molecule is Cl.NC1CC2(CCC2)C1O. The summed E-state index contributed by atoms with van der Waals surface area (Å²) >= 11 is 0. The van der Waals surface area contributed by atoms with E-state index in [-0.39, 0.29) is 24.6 Å². The lowest BCUT2D eigenvalue weighted by Crippen LogP contribution is -2.63. The molecule has 0 saturated heterocycles. The third-order valence-electron chi connectivity index (χ3n) is 3.02. The number of aliphatic hydroxyl groups excluding tert-OH is 1. The first-order valence-electron chi connectivity index (χ1n) is 3.68. The summed E-state index contributed by atoms with van der Waals surface area (Å²) < 4.78 is 0. The number of hydrogen-bond donors (Lipinski definition) is 2. The average Bonchev–Trinajstić information content (AvgIpc) is 1.77. The van der Waals surface area contributed by atoms with Crippen LogP contribution in [0.5, 0.6) is 0 Å². The van der Waals surface area contributed by atoms with Crippen LogP contribution in [0.15, 0.2) is 0 Å². The molecule has 2 nitrogen and oxygen atoms in total. The van der Waals surface area contributed by atoms with Crippen molar-refractivity contribution in [3.05, 3.63) is 0 Å². The molecule has 2 aliphatic rings. The summed E-state index contributed by atoms with van der Waals surface area (Å²) in [6.45, 7) is 0. The van der Waals surface area contributed by atoms with Crippen LogP contribution in [0.25, 0.3) is 0 Å². The van der Waals surface area contributed by atoms with Crippen molar-refractivity contribution in [1.29, 1.82) is 0 Å². The Bertz CT molecular complexity index is 136. The highest BCUT2D eigenvalue weighted by Gasteiger charge is 2.54. The standard InChI is InChI=1S/C7H13NO.ClH/c8-5-4-7(6(5)9)2-1-3-7;/h5-6,9H,1-4,8H2;1H. The van der Waals surface area contributed by atoms with Crippen molar-refractivity contribution < 1.29 is 5.11 Å². The minimum atomic E-state index is -0.175. The van der Waals surface area contributed by atoms with Crippen LogP contribution in [-0.2, 0) is 0 Å². The summed E-state index contributed by atoms with van der Waals surface area (Å²) in [5.74, 6) is 0. The van der Waals surface area contributed by atoms with Gasteiger partial charge in [-0.15, -0.1) is 12.4 Å². The Morgan fingerprint density at radius 2 is 2.00 bits per heavy atom. The molecule has 2 aliphatic carbocycles. The van der Waals surface area contributed by atoms with Gasteiger partial charge in [0.1, 0.15) is 0 Å². The van der Waals surface area contributed by atoms with E-state index in [4.69, 9.17) is 5.73 Å². The zero-order valence-corrected chi connectivity index (χ0v) is 6.73. The van der Waals surface area contributed by atoms with Crippen molar-refractivity contribution in [1.82, 2.24) is 0 Å². The van der Waals surface area contributed by atoms with Gasteiger partial charge in [0.15, 0.2) is 0 Å². The first-order valence-corrected chi connectivity index (χ1v) is 3.68. The summed E-state index contributed by atoms with van der Waals surface area (Å²) in [6.07, 6.45) is 4.60. The second kappa shape index (κ2) is 2.36. The molecule has 1 spiro atoms. The molecule has 0 aromatic carbocycles. The Morgan fingerprint density at radius 1 is 1.40 bits per heavy atom. The summed E-state index contributed by atoms with van der Waals surface area (Å²) in [5, 5.41) is 9.36. The summed E-state index contributed by atoms with van der Waals surface area (Å²) in [6, 6.07) is 0.0882. The van der Waals surface area contributed by atoms with Crippen LogP contribution in [0, 0.1) is 5.41 Å². The average molecular weight is 164 g/mol. The molecule has 60 valence electrons. The first kappa shape index (κ1) is 8.31. The van der Waals surface area contributed by atoms with Gasteiger partial charge in [-0.2, -0.15) is 0 Å². The molecule has 0 amide bonds. The highest BCUT2D eigenvalue weighted by atomic mass is 35.5. The van der Waals surface area contributed by atoms with E-state index in [9.17, 15) is 5.11 Å². The predicted molar refractivity (Wildman–Crippen MR) is 42.1 cm³/mol. The molecule has 0 aromatic heterocycles. The molecule has 0 aliphatic heterocycles.